The third kappa shape index (κ3) is 2.54. The van der Waals surface area contributed by atoms with Gasteiger partial charge in [-0.1, -0.05) is 6.07 Å². The number of imidazole rings is 1. The Kier molecular flexibility index (Phi) is 3.46. The van der Waals surface area contributed by atoms with Crippen LogP contribution in [0.4, 0.5) is 4.39 Å². The summed E-state index contributed by atoms with van der Waals surface area (Å²) < 4.78 is 15.4. The van der Waals surface area contributed by atoms with E-state index in [2.05, 4.69) is 37.0 Å². The van der Waals surface area contributed by atoms with Crippen molar-refractivity contribution >= 4 is 22.6 Å². The van der Waals surface area contributed by atoms with E-state index in [1.165, 1.54) is 23.3 Å². The van der Waals surface area contributed by atoms with E-state index in [0.29, 0.717) is 5.52 Å². The van der Waals surface area contributed by atoms with E-state index >= 15 is 0 Å². The zero-order chi connectivity index (χ0) is 15.1. The Morgan fingerprint density at radius 2 is 1.76 bits per heavy atom. The molecule has 2 aromatic carbocycles. The number of aromatic nitrogens is 2. The molecule has 4 heteroatoms. The molecule has 0 aliphatic carbocycles. The Bertz CT molecular complexity index is 801. The van der Waals surface area contributed by atoms with Crippen LogP contribution >= 0.6 is 11.6 Å². The Morgan fingerprint density at radius 1 is 1.10 bits per heavy atom. The minimum atomic E-state index is -0.290. The molecule has 21 heavy (non-hydrogen) atoms. The smallest absolute Gasteiger partial charge is 0.132 e. The quantitative estimate of drug-likeness (QED) is 0.604. The lowest BCUT2D eigenvalue weighted by Gasteiger charge is -2.12. The fraction of sp³-hybridized carbons (Fsp3) is 0.235. The monoisotopic (exact) mass is 302 g/mol. The topological polar surface area (TPSA) is 17.8 Å². The molecule has 108 valence electrons. The fourth-order valence-corrected chi connectivity index (χ4v) is 2.84. The first-order valence-corrected chi connectivity index (χ1v) is 7.30. The van der Waals surface area contributed by atoms with E-state index in [1.807, 2.05) is 11.5 Å². The molecule has 3 aromatic rings. The molecule has 0 spiro atoms. The van der Waals surface area contributed by atoms with E-state index in [-0.39, 0.29) is 11.2 Å². The summed E-state index contributed by atoms with van der Waals surface area (Å²) in [7, 11) is 0. The van der Waals surface area contributed by atoms with Crippen LogP contribution in [0.15, 0.2) is 36.4 Å². The maximum Gasteiger partial charge on any atom is 0.132 e. The number of fused-ring (bicyclic) bond motifs is 1. The maximum atomic E-state index is 13.4. The number of rotatable bonds is 2. The van der Waals surface area contributed by atoms with Crippen molar-refractivity contribution in [2.24, 2.45) is 0 Å². The van der Waals surface area contributed by atoms with Gasteiger partial charge in [0.25, 0.3) is 0 Å². The Morgan fingerprint density at radius 3 is 2.38 bits per heavy atom. The molecule has 1 heterocycles. The molecule has 0 saturated heterocycles. The molecule has 1 unspecified atom stereocenters. The van der Waals surface area contributed by atoms with Gasteiger partial charge in [0.2, 0.25) is 0 Å². The average Bonchev–Trinajstić information content (AvgIpc) is 2.76. The Labute approximate surface area is 128 Å². The van der Waals surface area contributed by atoms with Gasteiger partial charge in [-0.05, 0) is 56.2 Å². The molecular weight excluding hydrogens is 287 g/mol. The van der Waals surface area contributed by atoms with Crippen molar-refractivity contribution in [1.82, 2.24) is 9.55 Å². The van der Waals surface area contributed by atoms with Crippen molar-refractivity contribution in [2.45, 2.75) is 26.1 Å². The third-order valence-corrected chi connectivity index (χ3v) is 3.66. The van der Waals surface area contributed by atoms with E-state index in [4.69, 9.17) is 11.6 Å². The highest BCUT2D eigenvalue weighted by Gasteiger charge is 2.17. The lowest BCUT2D eigenvalue weighted by atomic mass is 10.1. The van der Waals surface area contributed by atoms with Crippen molar-refractivity contribution in [3.05, 3.63) is 59.2 Å². The molecule has 0 saturated carbocycles. The van der Waals surface area contributed by atoms with Crippen molar-refractivity contribution in [1.29, 1.82) is 0 Å². The number of halogens is 2. The zero-order valence-electron chi connectivity index (χ0n) is 12.2. The molecule has 1 aromatic heterocycles. The standard InChI is InChI=1S/C17H16ClFN2/c1-10-6-11(2)8-14(7-10)21-16-5-4-13(19)9-15(16)20-17(21)12(3)18/h4-9,12H,1-3H3. The molecule has 0 bridgehead atoms. The van der Waals surface area contributed by atoms with Crippen molar-refractivity contribution in [3.8, 4) is 5.69 Å². The molecule has 0 fully saturated rings. The van der Waals surface area contributed by atoms with Crippen LogP contribution in [0.2, 0.25) is 0 Å². The summed E-state index contributed by atoms with van der Waals surface area (Å²) in [5, 5.41) is -0.263. The molecule has 0 aliphatic heterocycles. The van der Waals surface area contributed by atoms with Gasteiger partial charge in [-0.2, -0.15) is 0 Å². The summed E-state index contributed by atoms with van der Waals surface area (Å²) in [5.41, 5.74) is 4.83. The summed E-state index contributed by atoms with van der Waals surface area (Å²) >= 11 is 6.27. The fourth-order valence-electron chi connectivity index (χ4n) is 2.69. The normalized spacial score (nSPS) is 12.8. The highest BCUT2D eigenvalue weighted by molar-refractivity contribution is 6.20. The van der Waals surface area contributed by atoms with Crippen LogP contribution in [0.25, 0.3) is 16.7 Å². The number of benzene rings is 2. The van der Waals surface area contributed by atoms with E-state index < -0.39 is 0 Å². The SMILES string of the molecule is Cc1cc(C)cc(-n2c(C(C)Cl)nc3cc(F)ccc32)c1. The van der Waals surface area contributed by atoms with Crippen LogP contribution in [0.1, 0.15) is 29.3 Å². The predicted octanol–water partition coefficient (Wildman–Crippen LogP) is 5.08. The third-order valence-electron chi connectivity index (χ3n) is 3.46. The average molecular weight is 303 g/mol. The highest BCUT2D eigenvalue weighted by atomic mass is 35.5. The second-order valence-corrected chi connectivity index (χ2v) is 6.06. The summed E-state index contributed by atoms with van der Waals surface area (Å²) in [6.07, 6.45) is 0. The van der Waals surface area contributed by atoms with Gasteiger partial charge >= 0.3 is 0 Å². The maximum absolute atomic E-state index is 13.4. The first kappa shape index (κ1) is 14.1. The minimum absolute atomic E-state index is 0.263. The second-order valence-electron chi connectivity index (χ2n) is 5.40. The largest absolute Gasteiger partial charge is 0.295 e. The van der Waals surface area contributed by atoms with Crippen LogP contribution in [0.5, 0.6) is 0 Å². The Hall–Kier alpha value is -1.87. The molecule has 0 amide bonds. The molecule has 0 aliphatic rings. The van der Waals surface area contributed by atoms with Crippen LogP contribution in [0.3, 0.4) is 0 Å². The summed E-state index contributed by atoms with van der Waals surface area (Å²) in [5.74, 6) is 0.434. The molecule has 0 radical (unpaired) electrons. The minimum Gasteiger partial charge on any atom is -0.295 e. The van der Waals surface area contributed by atoms with Crippen LogP contribution in [-0.2, 0) is 0 Å². The van der Waals surface area contributed by atoms with Gasteiger partial charge in [-0.15, -0.1) is 11.6 Å². The van der Waals surface area contributed by atoms with Gasteiger partial charge in [0.15, 0.2) is 0 Å². The van der Waals surface area contributed by atoms with E-state index in [1.54, 1.807) is 6.07 Å². The van der Waals surface area contributed by atoms with Crippen LogP contribution in [-0.4, -0.2) is 9.55 Å². The van der Waals surface area contributed by atoms with Gasteiger partial charge < -0.3 is 0 Å². The number of alkyl halides is 1. The Balaban J connectivity index is 2.36. The van der Waals surface area contributed by atoms with E-state index in [9.17, 15) is 4.39 Å². The summed E-state index contributed by atoms with van der Waals surface area (Å²) in [4.78, 5) is 4.50. The number of nitrogens with zero attached hydrogens (tertiary/aromatic N) is 2. The second kappa shape index (κ2) is 5.15. The first-order valence-electron chi connectivity index (χ1n) is 6.86. The molecule has 2 nitrogen and oxygen atoms in total. The predicted molar refractivity (Wildman–Crippen MR) is 84.8 cm³/mol. The van der Waals surface area contributed by atoms with Crippen molar-refractivity contribution in [2.75, 3.05) is 0 Å². The van der Waals surface area contributed by atoms with Gasteiger partial charge in [-0.25, -0.2) is 9.37 Å². The van der Waals surface area contributed by atoms with Gasteiger partial charge in [0, 0.05) is 11.8 Å². The lowest BCUT2D eigenvalue weighted by molar-refractivity contribution is 0.629. The lowest BCUT2D eigenvalue weighted by Crippen LogP contribution is -2.02. The molecular formula is C17H16ClFN2. The van der Waals surface area contributed by atoms with Crippen LogP contribution < -0.4 is 0 Å². The van der Waals surface area contributed by atoms with Crippen molar-refractivity contribution < 1.29 is 4.39 Å². The van der Waals surface area contributed by atoms with Gasteiger partial charge in [0.05, 0.1) is 16.4 Å². The molecule has 0 N–H and O–H groups in total. The zero-order valence-corrected chi connectivity index (χ0v) is 12.9. The van der Waals surface area contributed by atoms with Gasteiger partial charge in [0.1, 0.15) is 11.6 Å². The first-order chi connectivity index (χ1) is 9.95. The number of hydrogen-bond donors (Lipinski definition) is 0. The summed E-state index contributed by atoms with van der Waals surface area (Å²) in [6, 6.07) is 10.9. The summed E-state index contributed by atoms with van der Waals surface area (Å²) in [6.45, 7) is 5.98. The highest BCUT2D eigenvalue weighted by Crippen LogP contribution is 2.29. The van der Waals surface area contributed by atoms with Crippen LogP contribution in [0, 0.1) is 19.7 Å². The molecule has 3 rings (SSSR count). The van der Waals surface area contributed by atoms with Gasteiger partial charge in [-0.3, -0.25) is 4.57 Å². The molecule has 1 atom stereocenters. The van der Waals surface area contributed by atoms with E-state index in [0.717, 1.165) is 17.0 Å². The number of aryl methyl sites for hydroxylation is 2. The van der Waals surface area contributed by atoms with Crippen molar-refractivity contribution in [3.63, 3.8) is 0 Å². The number of hydrogen-bond acceptors (Lipinski definition) is 1.